The van der Waals surface area contributed by atoms with Gasteiger partial charge in [0.15, 0.2) is 16.6 Å². The molecule has 4 heterocycles. The van der Waals surface area contributed by atoms with Crippen LogP contribution in [0.2, 0.25) is 0 Å². The summed E-state index contributed by atoms with van der Waals surface area (Å²) >= 11 is 1.27. The van der Waals surface area contributed by atoms with Crippen molar-refractivity contribution < 1.29 is 14.0 Å². The average Bonchev–Trinajstić information content (AvgIpc) is 3.50. The second-order valence-electron chi connectivity index (χ2n) is 8.32. The highest BCUT2D eigenvalue weighted by atomic mass is 32.1. The fourth-order valence-electron chi connectivity index (χ4n) is 4.53. The lowest BCUT2D eigenvalue weighted by Crippen LogP contribution is -2.42. The van der Waals surface area contributed by atoms with E-state index < -0.39 is 0 Å². The zero-order chi connectivity index (χ0) is 23.3. The number of likely N-dealkylation sites (N-methyl/N-ethyl adjacent to an activating group) is 1. The van der Waals surface area contributed by atoms with Gasteiger partial charge in [-0.25, -0.2) is 14.4 Å². The van der Waals surface area contributed by atoms with Crippen molar-refractivity contribution >= 4 is 29.2 Å². The minimum Gasteiger partial charge on any atom is -0.328 e. The maximum absolute atomic E-state index is 13.4. The zero-order valence-electron chi connectivity index (χ0n) is 18.6. The molecular formula is C22H24FN7O2S. The first kappa shape index (κ1) is 21.7. The molecule has 2 amide bonds. The van der Waals surface area contributed by atoms with Crippen LogP contribution in [0.1, 0.15) is 41.3 Å². The highest BCUT2D eigenvalue weighted by Crippen LogP contribution is 2.39. The van der Waals surface area contributed by atoms with Gasteiger partial charge in [0, 0.05) is 37.7 Å². The van der Waals surface area contributed by atoms with Crippen molar-refractivity contribution in [2.24, 2.45) is 0 Å². The van der Waals surface area contributed by atoms with Gasteiger partial charge in [-0.1, -0.05) is 0 Å². The Morgan fingerprint density at radius 1 is 1.21 bits per heavy atom. The van der Waals surface area contributed by atoms with Crippen molar-refractivity contribution in [2.75, 3.05) is 25.0 Å². The first-order chi connectivity index (χ1) is 15.9. The Labute approximate surface area is 194 Å². The number of nitrogens with zero attached hydrogens (tertiary/aromatic N) is 6. The number of nitrogens with one attached hydrogen (secondary N) is 1. The Hall–Kier alpha value is -3.18. The average molecular weight is 470 g/mol. The summed E-state index contributed by atoms with van der Waals surface area (Å²) in [6.07, 6.45) is 0.392. The quantitative estimate of drug-likeness (QED) is 0.630. The molecule has 0 aliphatic carbocycles. The molecule has 0 radical (unpaired) electrons. The molecule has 1 fully saturated rings. The van der Waals surface area contributed by atoms with E-state index in [9.17, 15) is 14.0 Å². The highest BCUT2D eigenvalue weighted by molar-refractivity contribution is 7.09. The zero-order valence-corrected chi connectivity index (χ0v) is 19.4. The fraction of sp³-hybridized carbons (Fsp3) is 0.409. The number of hydrogen-bond donors (Lipinski definition) is 1. The van der Waals surface area contributed by atoms with E-state index in [0.717, 1.165) is 5.69 Å². The smallest absolute Gasteiger partial charge is 0.254 e. The van der Waals surface area contributed by atoms with Gasteiger partial charge in [-0.05, 0) is 56.7 Å². The molecule has 172 valence electrons. The van der Waals surface area contributed by atoms with E-state index in [1.165, 1.54) is 35.8 Å². The fourth-order valence-corrected chi connectivity index (χ4v) is 5.20. The Kier molecular flexibility index (Phi) is 5.45. The van der Waals surface area contributed by atoms with Crippen molar-refractivity contribution in [2.45, 2.75) is 38.9 Å². The summed E-state index contributed by atoms with van der Waals surface area (Å²) < 4.78 is 19.7. The number of benzene rings is 1. The van der Waals surface area contributed by atoms with Crippen LogP contribution in [0.4, 0.5) is 10.2 Å². The molecule has 0 bridgehead atoms. The molecule has 3 aromatic rings. The normalized spacial score (nSPS) is 20.4. The predicted octanol–water partition coefficient (Wildman–Crippen LogP) is 2.39. The second-order valence-corrected chi connectivity index (χ2v) is 9.07. The minimum absolute atomic E-state index is 0.00979. The van der Waals surface area contributed by atoms with E-state index in [1.807, 2.05) is 25.5 Å². The molecule has 2 aromatic heterocycles. The van der Waals surface area contributed by atoms with Crippen LogP contribution in [0.15, 0.2) is 24.3 Å². The van der Waals surface area contributed by atoms with Crippen LogP contribution < -0.4 is 10.2 Å². The van der Waals surface area contributed by atoms with Crippen LogP contribution in [0, 0.1) is 12.7 Å². The number of carbonyl (C=O) groups is 2. The van der Waals surface area contributed by atoms with Gasteiger partial charge >= 0.3 is 0 Å². The second kappa shape index (κ2) is 8.31. The molecule has 1 saturated heterocycles. The molecule has 1 unspecified atom stereocenters. The summed E-state index contributed by atoms with van der Waals surface area (Å²) in [5.74, 6) is 1.30. The maximum Gasteiger partial charge on any atom is 0.254 e. The number of aromatic nitrogens is 4. The predicted molar refractivity (Wildman–Crippen MR) is 122 cm³/mol. The van der Waals surface area contributed by atoms with Crippen LogP contribution >= 0.6 is 11.5 Å². The van der Waals surface area contributed by atoms with Crippen molar-refractivity contribution in [3.8, 4) is 10.8 Å². The Balaban J connectivity index is 1.58. The molecule has 2 aliphatic heterocycles. The first-order valence-electron chi connectivity index (χ1n) is 10.8. The first-order valence-corrected chi connectivity index (χ1v) is 11.6. The van der Waals surface area contributed by atoms with Crippen molar-refractivity contribution in [1.82, 2.24) is 29.1 Å². The Morgan fingerprint density at radius 3 is 2.61 bits per heavy atom. The summed E-state index contributed by atoms with van der Waals surface area (Å²) in [7, 11) is 1.84. The number of halogens is 1. The van der Waals surface area contributed by atoms with Gasteiger partial charge in [-0.2, -0.15) is 4.37 Å². The lowest BCUT2D eigenvalue weighted by molar-refractivity contribution is -0.117. The van der Waals surface area contributed by atoms with Crippen molar-refractivity contribution in [1.29, 1.82) is 0 Å². The molecule has 1 N–H and O–H groups in total. The Morgan fingerprint density at radius 2 is 1.97 bits per heavy atom. The lowest BCUT2D eigenvalue weighted by Gasteiger charge is -2.36. The number of carbonyl (C=O) groups excluding carboxylic acids is 2. The molecule has 2 atom stereocenters. The molecule has 33 heavy (non-hydrogen) atoms. The highest BCUT2D eigenvalue weighted by Gasteiger charge is 2.40. The third kappa shape index (κ3) is 3.70. The van der Waals surface area contributed by atoms with E-state index in [-0.39, 0.29) is 29.7 Å². The number of hydrogen-bond acceptors (Lipinski definition) is 7. The summed E-state index contributed by atoms with van der Waals surface area (Å²) in [4.78, 5) is 38.9. The SMILES string of the molecule is CN[C@@H]1CC(=O)N(c2nc(-c3nc(C)ns3)n3c2C(C)N(C(=O)c2ccc(F)cc2)CC3)C1. The standard InChI is InChI=1S/C22H24FN7O2S/c1-12-18-19(30-11-16(24-3)10-17(30)31)26-20(21-25-13(2)27-33-21)29(18)9-8-28(12)22(32)14-4-6-15(23)7-5-14/h4-7,12,16,24H,8-11H2,1-3H3/t12?,16-/m1/s1. The molecule has 0 spiro atoms. The molecule has 2 aliphatic rings. The summed E-state index contributed by atoms with van der Waals surface area (Å²) in [6, 6.07) is 5.26. The van der Waals surface area contributed by atoms with E-state index in [2.05, 4.69) is 14.7 Å². The van der Waals surface area contributed by atoms with Gasteiger partial charge in [0.2, 0.25) is 5.91 Å². The van der Waals surface area contributed by atoms with Gasteiger partial charge in [-0.15, -0.1) is 0 Å². The monoisotopic (exact) mass is 469 g/mol. The summed E-state index contributed by atoms with van der Waals surface area (Å²) in [5.41, 5.74) is 1.22. The third-order valence-corrected chi connectivity index (χ3v) is 7.08. The third-order valence-electron chi connectivity index (χ3n) is 6.27. The van der Waals surface area contributed by atoms with Crippen LogP contribution in [-0.2, 0) is 11.3 Å². The maximum atomic E-state index is 13.4. The largest absolute Gasteiger partial charge is 0.328 e. The number of fused-ring (bicyclic) bond motifs is 1. The molecule has 1 aromatic carbocycles. The van der Waals surface area contributed by atoms with E-state index in [4.69, 9.17) is 4.98 Å². The number of rotatable bonds is 4. The van der Waals surface area contributed by atoms with E-state index >= 15 is 0 Å². The number of aryl methyl sites for hydroxylation is 1. The molecular weight excluding hydrogens is 445 g/mol. The number of anilines is 1. The van der Waals surface area contributed by atoms with Crippen LogP contribution in [0.5, 0.6) is 0 Å². The van der Waals surface area contributed by atoms with Gasteiger partial charge < -0.3 is 14.8 Å². The van der Waals surface area contributed by atoms with Crippen LogP contribution in [-0.4, -0.2) is 61.8 Å². The minimum atomic E-state index is -0.387. The molecule has 11 heteroatoms. The molecule has 9 nitrogen and oxygen atoms in total. The molecule has 5 rings (SSSR count). The molecule has 0 saturated carbocycles. The van der Waals surface area contributed by atoms with E-state index in [1.54, 1.807) is 9.80 Å². The summed E-state index contributed by atoms with van der Waals surface area (Å²) in [6.45, 7) is 5.23. The van der Waals surface area contributed by atoms with Crippen LogP contribution in [0.25, 0.3) is 10.8 Å². The van der Waals surface area contributed by atoms with E-state index in [0.29, 0.717) is 54.1 Å². The van der Waals surface area contributed by atoms with Gasteiger partial charge in [0.1, 0.15) is 11.6 Å². The number of imidazole rings is 1. The number of amides is 2. The van der Waals surface area contributed by atoms with Gasteiger partial charge in [0.05, 0.1) is 11.7 Å². The van der Waals surface area contributed by atoms with Gasteiger partial charge in [0.25, 0.3) is 5.91 Å². The lowest BCUT2D eigenvalue weighted by atomic mass is 10.1. The Bertz CT molecular complexity index is 1220. The summed E-state index contributed by atoms with van der Waals surface area (Å²) in [5, 5.41) is 3.85. The van der Waals surface area contributed by atoms with Crippen LogP contribution in [0.3, 0.4) is 0 Å². The topological polar surface area (TPSA) is 96.2 Å². The van der Waals surface area contributed by atoms with Gasteiger partial charge in [-0.3, -0.25) is 14.5 Å². The van der Waals surface area contributed by atoms with Crippen molar-refractivity contribution in [3.63, 3.8) is 0 Å². The van der Waals surface area contributed by atoms with Crippen molar-refractivity contribution in [3.05, 3.63) is 47.2 Å².